The monoisotopic (exact) mass is 270 g/mol. The number of rotatable bonds is 2. The molecule has 0 radical (unpaired) electrons. The Hall–Kier alpha value is -2.70. The number of nitrogens with two attached hydrogens (primary N) is 1. The Kier molecular flexibility index (Phi) is 2.56. The van der Waals surface area contributed by atoms with Gasteiger partial charge in [0.05, 0.1) is 17.4 Å². The largest absolute Gasteiger partial charge is 0.364 e. The molecule has 3 aromatic rings. The Labute approximate surface area is 115 Å². The molecular weight excluding hydrogens is 256 g/mol. The second kappa shape index (κ2) is 4.16. The number of aromatic nitrogens is 5. The molecule has 0 aliphatic carbocycles. The van der Waals surface area contributed by atoms with Crippen molar-refractivity contribution in [3.05, 3.63) is 29.8 Å². The van der Waals surface area contributed by atoms with Crippen LogP contribution in [0.1, 0.15) is 16.2 Å². The number of primary amides is 1. The second-order valence-corrected chi connectivity index (χ2v) is 4.74. The zero-order chi connectivity index (χ0) is 14.4. The van der Waals surface area contributed by atoms with Gasteiger partial charge in [0.2, 0.25) is 0 Å². The van der Waals surface area contributed by atoms with E-state index in [4.69, 9.17) is 5.73 Å². The Morgan fingerprint density at radius 1 is 1.30 bits per heavy atom. The fourth-order valence-electron chi connectivity index (χ4n) is 2.28. The minimum absolute atomic E-state index is 0.205. The molecule has 1 amide bonds. The van der Waals surface area contributed by atoms with E-state index in [-0.39, 0.29) is 5.69 Å². The molecule has 3 heterocycles. The number of carbonyl (C=O) groups excluding carboxylic acids is 1. The fraction of sp³-hybridized carbons (Fsp3) is 0.231. The van der Waals surface area contributed by atoms with E-state index in [0.717, 1.165) is 16.6 Å². The third kappa shape index (κ3) is 1.75. The maximum absolute atomic E-state index is 11.5. The summed E-state index contributed by atoms with van der Waals surface area (Å²) >= 11 is 0. The van der Waals surface area contributed by atoms with Crippen molar-refractivity contribution in [1.82, 2.24) is 24.3 Å². The lowest BCUT2D eigenvalue weighted by Gasteiger charge is -2.05. The Morgan fingerprint density at radius 3 is 2.65 bits per heavy atom. The van der Waals surface area contributed by atoms with E-state index in [2.05, 4.69) is 15.1 Å². The molecule has 0 saturated carbocycles. The van der Waals surface area contributed by atoms with Gasteiger partial charge in [-0.3, -0.25) is 9.48 Å². The van der Waals surface area contributed by atoms with Gasteiger partial charge in [-0.05, 0) is 13.0 Å². The molecule has 0 aliphatic heterocycles. The Balaban J connectivity index is 2.39. The molecule has 0 aliphatic rings. The molecule has 7 heteroatoms. The average molecular weight is 270 g/mol. The van der Waals surface area contributed by atoms with Crippen LogP contribution in [0.2, 0.25) is 0 Å². The summed E-state index contributed by atoms with van der Waals surface area (Å²) in [6.45, 7) is 1.90. The van der Waals surface area contributed by atoms with E-state index in [1.165, 1.54) is 0 Å². The normalized spacial score (nSPS) is 11.2. The first-order valence-electron chi connectivity index (χ1n) is 6.10. The molecule has 20 heavy (non-hydrogen) atoms. The highest BCUT2D eigenvalue weighted by Crippen LogP contribution is 2.26. The number of carbonyl (C=O) groups is 1. The molecule has 3 rings (SSSR count). The third-order valence-corrected chi connectivity index (χ3v) is 3.21. The van der Waals surface area contributed by atoms with Gasteiger partial charge in [0.25, 0.3) is 5.91 Å². The van der Waals surface area contributed by atoms with Crippen molar-refractivity contribution in [3.8, 4) is 11.5 Å². The number of fused-ring (bicyclic) bond motifs is 1. The molecule has 2 N–H and O–H groups in total. The number of aryl methyl sites for hydroxylation is 3. The van der Waals surface area contributed by atoms with Crippen LogP contribution in [0.5, 0.6) is 0 Å². The van der Waals surface area contributed by atoms with Gasteiger partial charge in [0.1, 0.15) is 11.4 Å². The number of imidazole rings is 1. The minimum atomic E-state index is -0.569. The van der Waals surface area contributed by atoms with E-state index in [1.54, 1.807) is 24.0 Å². The third-order valence-electron chi connectivity index (χ3n) is 3.21. The molecule has 102 valence electrons. The zero-order valence-corrected chi connectivity index (χ0v) is 11.5. The number of amides is 1. The maximum Gasteiger partial charge on any atom is 0.267 e. The van der Waals surface area contributed by atoms with Gasteiger partial charge in [-0.15, -0.1) is 0 Å². The zero-order valence-electron chi connectivity index (χ0n) is 11.5. The molecule has 0 bridgehead atoms. The standard InChI is InChI=1S/C13H14N6O/c1-7-6-18(2)13(16-7)11-8-5-15-19(3)10(8)4-9(17-11)12(14)20/h4-6H,1-3H3,(H2,14,20). The van der Waals surface area contributed by atoms with Gasteiger partial charge in [0.15, 0.2) is 5.82 Å². The van der Waals surface area contributed by atoms with Crippen LogP contribution in [-0.2, 0) is 14.1 Å². The molecule has 7 nitrogen and oxygen atoms in total. The molecule has 0 fully saturated rings. The van der Waals surface area contributed by atoms with Crippen LogP contribution in [0.3, 0.4) is 0 Å². The van der Waals surface area contributed by atoms with Gasteiger partial charge in [-0.25, -0.2) is 9.97 Å². The predicted octanol–water partition coefficient (Wildman–Crippen LogP) is 0.776. The fourth-order valence-corrected chi connectivity index (χ4v) is 2.28. The molecule has 0 saturated heterocycles. The highest BCUT2D eigenvalue weighted by molar-refractivity contribution is 5.98. The van der Waals surface area contributed by atoms with Gasteiger partial charge in [-0.1, -0.05) is 0 Å². The van der Waals surface area contributed by atoms with Crippen molar-refractivity contribution < 1.29 is 4.79 Å². The minimum Gasteiger partial charge on any atom is -0.364 e. The lowest BCUT2D eigenvalue weighted by Crippen LogP contribution is -2.14. The summed E-state index contributed by atoms with van der Waals surface area (Å²) < 4.78 is 3.55. The van der Waals surface area contributed by atoms with Crippen molar-refractivity contribution in [2.75, 3.05) is 0 Å². The Morgan fingerprint density at radius 2 is 2.05 bits per heavy atom. The first-order chi connectivity index (χ1) is 9.47. The molecule has 3 aromatic heterocycles. The molecule has 0 unspecified atom stereocenters. The second-order valence-electron chi connectivity index (χ2n) is 4.74. The first-order valence-corrected chi connectivity index (χ1v) is 6.10. The SMILES string of the molecule is Cc1cn(C)c(-c2nc(C(N)=O)cc3c2cnn3C)n1. The topological polar surface area (TPSA) is 91.6 Å². The number of hydrogen-bond donors (Lipinski definition) is 1. The van der Waals surface area contributed by atoms with Crippen LogP contribution in [-0.4, -0.2) is 30.2 Å². The van der Waals surface area contributed by atoms with Gasteiger partial charge in [-0.2, -0.15) is 5.10 Å². The van der Waals surface area contributed by atoms with E-state index in [1.807, 2.05) is 24.7 Å². The summed E-state index contributed by atoms with van der Waals surface area (Å²) in [6.07, 6.45) is 3.61. The van der Waals surface area contributed by atoms with Crippen LogP contribution >= 0.6 is 0 Å². The number of pyridine rings is 1. The number of hydrogen-bond acceptors (Lipinski definition) is 4. The molecule has 0 aromatic carbocycles. The van der Waals surface area contributed by atoms with Crippen LogP contribution in [0.15, 0.2) is 18.5 Å². The first kappa shape index (κ1) is 12.3. The molecular formula is C13H14N6O. The van der Waals surface area contributed by atoms with Crippen LogP contribution < -0.4 is 5.73 Å². The maximum atomic E-state index is 11.5. The lowest BCUT2D eigenvalue weighted by atomic mass is 10.2. The van der Waals surface area contributed by atoms with E-state index in [9.17, 15) is 4.79 Å². The summed E-state index contributed by atoms with van der Waals surface area (Å²) in [7, 11) is 3.69. The Bertz CT molecular complexity index is 829. The van der Waals surface area contributed by atoms with Crippen molar-refractivity contribution in [3.63, 3.8) is 0 Å². The van der Waals surface area contributed by atoms with Gasteiger partial charge < -0.3 is 10.3 Å². The highest BCUT2D eigenvalue weighted by Gasteiger charge is 2.17. The van der Waals surface area contributed by atoms with Gasteiger partial charge >= 0.3 is 0 Å². The summed E-state index contributed by atoms with van der Waals surface area (Å²) in [5, 5.41) is 5.05. The summed E-state index contributed by atoms with van der Waals surface area (Å²) in [4.78, 5) is 20.3. The molecule has 0 atom stereocenters. The average Bonchev–Trinajstić information content (AvgIpc) is 2.92. The predicted molar refractivity (Wildman–Crippen MR) is 74.0 cm³/mol. The lowest BCUT2D eigenvalue weighted by molar-refractivity contribution is 0.0996. The van der Waals surface area contributed by atoms with E-state index in [0.29, 0.717) is 11.5 Å². The highest BCUT2D eigenvalue weighted by atomic mass is 16.1. The van der Waals surface area contributed by atoms with Crippen LogP contribution in [0.25, 0.3) is 22.4 Å². The summed E-state index contributed by atoms with van der Waals surface area (Å²) in [5.41, 5.74) is 7.85. The number of nitrogens with zero attached hydrogens (tertiary/aromatic N) is 5. The van der Waals surface area contributed by atoms with Crippen LogP contribution in [0.4, 0.5) is 0 Å². The van der Waals surface area contributed by atoms with Crippen molar-refractivity contribution >= 4 is 16.8 Å². The van der Waals surface area contributed by atoms with Crippen LogP contribution in [0, 0.1) is 6.92 Å². The van der Waals surface area contributed by atoms with Gasteiger partial charge in [0, 0.05) is 25.7 Å². The summed E-state index contributed by atoms with van der Waals surface area (Å²) in [6, 6.07) is 1.64. The quantitative estimate of drug-likeness (QED) is 0.744. The molecule has 0 spiro atoms. The van der Waals surface area contributed by atoms with Crippen molar-refractivity contribution in [1.29, 1.82) is 0 Å². The summed E-state index contributed by atoms with van der Waals surface area (Å²) in [5.74, 6) is 0.115. The van der Waals surface area contributed by atoms with E-state index >= 15 is 0 Å². The van der Waals surface area contributed by atoms with Crippen molar-refractivity contribution in [2.24, 2.45) is 19.8 Å². The smallest absolute Gasteiger partial charge is 0.267 e. The van der Waals surface area contributed by atoms with E-state index < -0.39 is 5.91 Å². The van der Waals surface area contributed by atoms with Crippen molar-refractivity contribution in [2.45, 2.75) is 6.92 Å².